The Morgan fingerprint density at radius 1 is 0.875 bits per heavy atom. The Bertz CT molecular complexity index is 1400. The smallest absolute Gasteiger partial charge is 0.270 e. The lowest BCUT2D eigenvalue weighted by atomic mass is 10.2. The van der Waals surface area contributed by atoms with Crippen LogP contribution in [0.1, 0.15) is 11.1 Å². The van der Waals surface area contributed by atoms with E-state index in [-0.39, 0.29) is 5.69 Å². The molecule has 1 aliphatic rings. The van der Waals surface area contributed by atoms with E-state index in [4.69, 9.17) is 9.47 Å². The summed E-state index contributed by atoms with van der Waals surface area (Å²) in [5.74, 6) is 0.388. The second-order valence-corrected chi connectivity index (χ2v) is 9.83. The quantitative estimate of drug-likeness (QED) is 0.136. The fourth-order valence-corrected chi connectivity index (χ4v) is 4.80. The van der Waals surface area contributed by atoms with Crippen molar-refractivity contribution >= 4 is 22.7 Å². The number of non-ortho nitro benzene ring substituents is 1. The van der Waals surface area contributed by atoms with Crippen molar-refractivity contribution in [2.24, 2.45) is 0 Å². The number of hydrogen-bond donors (Lipinski definition) is 0. The number of nitro benzene ring substituents is 1. The molecule has 0 bridgehead atoms. The number of aromatic nitrogens is 2. The molecule has 0 saturated carbocycles. The third kappa shape index (κ3) is 7.53. The molecule has 208 valence electrons. The van der Waals surface area contributed by atoms with Gasteiger partial charge in [-0.15, -0.1) is 5.10 Å². The predicted molar refractivity (Wildman–Crippen MR) is 156 cm³/mol. The Hall–Kier alpha value is -4.05. The fraction of sp³-hybridized carbons (Fsp3) is 0.323. The van der Waals surface area contributed by atoms with Crippen molar-refractivity contribution in [1.29, 1.82) is 0 Å². The molecule has 0 radical (unpaired) electrons. The topological polar surface area (TPSA) is 85.9 Å². The summed E-state index contributed by atoms with van der Waals surface area (Å²) in [7, 11) is 0. The molecular weight excluding hydrogens is 506 g/mol. The summed E-state index contributed by atoms with van der Waals surface area (Å²) in [6.45, 7) is 8.05. The first-order valence-corrected chi connectivity index (χ1v) is 13.7. The van der Waals surface area contributed by atoms with E-state index >= 15 is 0 Å². The SMILES string of the molecule is O=[N+]([O-])c1ccc2c(c1)c(OCc1ccccc1)nn2CCOCCN1CCN(C/C=C/c2ccccc2)CC1. The van der Waals surface area contributed by atoms with Crippen LogP contribution in [-0.4, -0.2) is 77.0 Å². The largest absolute Gasteiger partial charge is 0.471 e. The van der Waals surface area contributed by atoms with Crippen LogP contribution in [0.15, 0.2) is 84.9 Å². The van der Waals surface area contributed by atoms with Gasteiger partial charge in [-0.3, -0.25) is 24.6 Å². The van der Waals surface area contributed by atoms with Gasteiger partial charge in [0, 0.05) is 51.4 Å². The summed E-state index contributed by atoms with van der Waals surface area (Å²) >= 11 is 0. The Morgan fingerprint density at radius 2 is 1.57 bits per heavy atom. The Balaban J connectivity index is 1.07. The molecule has 0 atom stereocenters. The van der Waals surface area contributed by atoms with E-state index in [0.29, 0.717) is 37.6 Å². The van der Waals surface area contributed by atoms with Crippen LogP contribution in [0.3, 0.4) is 0 Å². The molecule has 2 heterocycles. The van der Waals surface area contributed by atoms with Gasteiger partial charge in [-0.2, -0.15) is 0 Å². The molecule has 9 nitrogen and oxygen atoms in total. The first kappa shape index (κ1) is 27.5. The van der Waals surface area contributed by atoms with Gasteiger partial charge in [0.2, 0.25) is 5.88 Å². The zero-order chi connectivity index (χ0) is 27.6. The second-order valence-electron chi connectivity index (χ2n) is 9.83. The number of hydrogen-bond acceptors (Lipinski definition) is 7. The van der Waals surface area contributed by atoms with Crippen LogP contribution in [0.25, 0.3) is 17.0 Å². The molecule has 5 rings (SSSR count). The molecule has 1 aliphatic heterocycles. The highest BCUT2D eigenvalue weighted by atomic mass is 16.6. The summed E-state index contributed by atoms with van der Waals surface area (Å²) in [6, 6.07) is 24.9. The molecule has 40 heavy (non-hydrogen) atoms. The molecule has 9 heteroatoms. The van der Waals surface area contributed by atoms with Crippen LogP contribution in [0.4, 0.5) is 5.69 Å². The second kappa shape index (κ2) is 13.8. The molecule has 0 unspecified atom stereocenters. The minimum absolute atomic E-state index is 0.0141. The minimum atomic E-state index is -0.401. The highest BCUT2D eigenvalue weighted by Gasteiger charge is 2.17. The van der Waals surface area contributed by atoms with E-state index in [1.807, 2.05) is 36.4 Å². The third-order valence-corrected chi connectivity index (χ3v) is 7.07. The van der Waals surface area contributed by atoms with E-state index in [1.165, 1.54) is 17.7 Å². The van der Waals surface area contributed by atoms with Crippen molar-refractivity contribution in [2.75, 3.05) is 52.5 Å². The number of rotatable bonds is 13. The molecule has 3 aromatic carbocycles. The zero-order valence-electron chi connectivity index (χ0n) is 22.6. The van der Waals surface area contributed by atoms with E-state index in [9.17, 15) is 10.1 Å². The molecule has 1 fully saturated rings. The maximum Gasteiger partial charge on any atom is 0.270 e. The van der Waals surface area contributed by atoms with Crippen molar-refractivity contribution in [2.45, 2.75) is 13.2 Å². The minimum Gasteiger partial charge on any atom is -0.471 e. The first-order chi connectivity index (χ1) is 19.7. The normalized spacial score (nSPS) is 14.7. The van der Waals surface area contributed by atoms with Gasteiger partial charge in [-0.1, -0.05) is 72.8 Å². The molecule has 0 amide bonds. The average molecular weight is 542 g/mol. The van der Waals surface area contributed by atoms with Crippen molar-refractivity contribution in [3.8, 4) is 5.88 Å². The van der Waals surface area contributed by atoms with Crippen LogP contribution < -0.4 is 4.74 Å². The summed E-state index contributed by atoms with van der Waals surface area (Å²) in [6.07, 6.45) is 4.42. The third-order valence-electron chi connectivity index (χ3n) is 7.07. The van der Waals surface area contributed by atoms with Crippen molar-refractivity contribution in [3.05, 3.63) is 106 Å². The summed E-state index contributed by atoms with van der Waals surface area (Å²) in [5, 5.41) is 16.6. The Morgan fingerprint density at radius 3 is 2.33 bits per heavy atom. The number of ether oxygens (including phenoxy) is 2. The van der Waals surface area contributed by atoms with Gasteiger partial charge >= 0.3 is 0 Å². The highest BCUT2D eigenvalue weighted by Crippen LogP contribution is 2.29. The molecule has 1 aromatic heterocycles. The number of nitrogens with zero attached hydrogens (tertiary/aromatic N) is 5. The summed E-state index contributed by atoms with van der Waals surface area (Å²) < 4.78 is 13.7. The van der Waals surface area contributed by atoms with Crippen molar-refractivity contribution in [1.82, 2.24) is 19.6 Å². The monoisotopic (exact) mass is 541 g/mol. The van der Waals surface area contributed by atoms with Crippen LogP contribution in [0.2, 0.25) is 0 Å². The maximum atomic E-state index is 11.3. The molecule has 0 aliphatic carbocycles. The van der Waals surface area contributed by atoms with Gasteiger partial charge < -0.3 is 9.47 Å². The Labute approximate surface area is 234 Å². The lowest BCUT2D eigenvalue weighted by Crippen LogP contribution is -2.47. The van der Waals surface area contributed by atoms with Gasteiger partial charge in [-0.05, 0) is 17.2 Å². The van der Waals surface area contributed by atoms with Crippen LogP contribution >= 0.6 is 0 Å². The van der Waals surface area contributed by atoms with Crippen LogP contribution in [-0.2, 0) is 17.9 Å². The fourth-order valence-electron chi connectivity index (χ4n) is 4.80. The number of benzene rings is 3. The molecule has 0 N–H and O–H groups in total. The van der Waals surface area contributed by atoms with Crippen molar-refractivity contribution in [3.63, 3.8) is 0 Å². The zero-order valence-corrected chi connectivity index (χ0v) is 22.6. The van der Waals surface area contributed by atoms with Crippen LogP contribution in [0.5, 0.6) is 5.88 Å². The lowest BCUT2D eigenvalue weighted by Gasteiger charge is -2.34. The number of fused-ring (bicyclic) bond motifs is 1. The Kier molecular flexibility index (Phi) is 9.52. The molecular formula is C31H35N5O4. The van der Waals surface area contributed by atoms with Crippen molar-refractivity contribution < 1.29 is 14.4 Å². The van der Waals surface area contributed by atoms with E-state index in [1.54, 1.807) is 10.7 Å². The lowest BCUT2D eigenvalue weighted by molar-refractivity contribution is -0.384. The van der Waals surface area contributed by atoms with Gasteiger partial charge in [-0.25, -0.2) is 0 Å². The summed E-state index contributed by atoms with van der Waals surface area (Å²) in [4.78, 5) is 15.9. The predicted octanol–water partition coefficient (Wildman–Crippen LogP) is 4.87. The summed E-state index contributed by atoms with van der Waals surface area (Å²) in [5.41, 5.74) is 3.04. The molecule has 0 spiro atoms. The first-order valence-electron chi connectivity index (χ1n) is 13.7. The van der Waals surface area contributed by atoms with E-state index in [2.05, 4.69) is 51.3 Å². The maximum absolute atomic E-state index is 11.3. The van der Waals surface area contributed by atoms with Gasteiger partial charge in [0.25, 0.3) is 5.69 Å². The van der Waals surface area contributed by atoms with Gasteiger partial charge in [0.05, 0.1) is 35.6 Å². The highest BCUT2D eigenvalue weighted by molar-refractivity contribution is 5.86. The average Bonchev–Trinajstić information content (AvgIpc) is 3.34. The molecule has 4 aromatic rings. The van der Waals surface area contributed by atoms with Gasteiger partial charge in [0.15, 0.2) is 0 Å². The number of nitro groups is 1. The van der Waals surface area contributed by atoms with E-state index in [0.717, 1.165) is 50.3 Å². The number of piperazine rings is 1. The molecule has 1 saturated heterocycles. The van der Waals surface area contributed by atoms with Gasteiger partial charge in [0.1, 0.15) is 6.61 Å². The van der Waals surface area contributed by atoms with E-state index < -0.39 is 4.92 Å². The van der Waals surface area contributed by atoms with Crippen LogP contribution in [0, 0.1) is 10.1 Å². The standard InChI is InChI=1S/C31H35N5O4/c37-36(38)28-13-14-30-29(24-28)31(40-25-27-10-5-2-6-11-27)32-35(30)21-23-39-22-20-34-18-16-33(17-19-34)15-7-12-26-8-3-1-4-9-26/h1-14,24H,15-23,25H2/b12-7+.